The van der Waals surface area contributed by atoms with Crippen molar-refractivity contribution in [2.75, 3.05) is 0 Å². The Morgan fingerprint density at radius 1 is 1.04 bits per heavy atom. The number of nitrogens with one attached hydrogen (secondary N) is 1. The van der Waals surface area contributed by atoms with Crippen LogP contribution >= 0.6 is 15.9 Å². The highest BCUT2D eigenvalue weighted by Crippen LogP contribution is 2.21. The average molecular weight is 448 g/mol. The normalized spacial score (nSPS) is 11.3. The molecule has 0 bridgehead atoms. The summed E-state index contributed by atoms with van der Waals surface area (Å²) in [6, 6.07) is 1.41. The summed E-state index contributed by atoms with van der Waals surface area (Å²) in [6.45, 7) is 4.61. The third-order valence-corrected chi connectivity index (χ3v) is 3.81. The number of hydrogen-bond acceptors (Lipinski definition) is 3. The zero-order valence-electron chi connectivity index (χ0n) is 14.4. The van der Waals surface area contributed by atoms with Gasteiger partial charge < -0.3 is 0 Å². The molecule has 0 unspecified atom stereocenters. The van der Waals surface area contributed by atoms with Crippen LogP contribution in [0.15, 0.2) is 29.0 Å². The number of carbonyl (C=O) groups is 2. The Morgan fingerprint density at radius 2 is 1.59 bits per heavy atom. The van der Waals surface area contributed by atoms with E-state index in [4.69, 9.17) is 0 Å². The van der Waals surface area contributed by atoms with E-state index in [0.717, 1.165) is 5.01 Å². The van der Waals surface area contributed by atoms with Gasteiger partial charge in [0.05, 0.1) is 11.1 Å². The van der Waals surface area contributed by atoms with Crippen LogP contribution in [0.5, 0.6) is 0 Å². The van der Waals surface area contributed by atoms with Gasteiger partial charge in [0, 0.05) is 22.9 Å². The Labute approximate surface area is 160 Å². The second-order valence-electron chi connectivity index (χ2n) is 6.49. The van der Waals surface area contributed by atoms with Crippen LogP contribution in [0, 0.1) is 23.3 Å². The van der Waals surface area contributed by atoms with Crippen LogP contribution in [0.1, 0.15) is 41.5 Å². The molecule has 27 heavy (non-hydrogen) atoms. The summed E-state index contributed by atoms with van der Waals surface area (Å²) < 4.78 is 54.9. The van der Waals surface area contributed by atoms with Crippen LogP contribution in [0.25, 0.3) is 0 Å². The molecule has 2 rings (SSSR count). The van der Waals surface area contributed by atoms with E-state index < -0.39 is 46.2 Å². The number of amides is 2. The number of aromatic nitrogens is 1. The molecule has 5 nitrogen and oxygen atoms in total. The topological polar surface area (TPSA) is 62.3 Å². The first-order chi connectivity index (χ1) is 12.4. The first kappa shape index (κ1) is 20.8. The number of rotatable bonds is 2. The third-order valence-electron chi connectivity index (χ3n) is 3.38. The van der Waals surface area contributed by atoms with Crippen LogP contribution in [0.3, 0.4) is 0 Å². The molecule has 0 aliphatic rings. The van der Waals surface area contributed by atoms with Gasteiger partial charge in [-0.25, -0.2) is 22.6 Å². The molecule has 144 valence electrons. The van der Waals surface area contributed by atoms with Crippen LogP contribution in [-0.2, 0) is 0 Å². The van der Waals surface area contributed by atoms with Gasteiger partial charge in [-0.15, -0.1) is 0 Å². The average Bonchev–Trinajstić information content (AvgIpc) is 2.56. The van der Waals surface area contributed by atoms with E-state index >= 15 is 0 Å². The number of nitrogens with zero attached hydrogens (tertiary/aromatic N) is 2. The Kier molecular flexibility index (Phi) is 5.88. The number of hydrazine groups is 1. The number of hydrogen-bond donors (Lipinski definition) is 1. The molecule has 0 aliphatic heterocycles. The quantitative estimate of drug-likeness (QED) is 0.430. The van der Waals surface area contributed by atoms with Gasteiger partial charge in [-0.3, -0.25) is 20.0 Å². The summed E-state index contributed by atoms with van der Waals surface area (Å²) in [5.74, 6) is -9.46. The zero-order valence-corrected chi connectivity index (χ0v) is 16.0. The first-order valence-electron chi connectivity index (χ1n) is 7.52. The lowest BCUT2D eigenvalue weighted by atomic mass is 10.1. The highest BCUT2D eigenvalue weighted by Gasteiger charge is 2.33. The molecule has 0 aliphatic carbocycles. The van der Waals surface area contributed by atoms with Crippen LogP contribution < -0.4 is 5.43 Å². The first-order valence-corrected chi connectivity index (χ1v) is 8.32. The molecule has 10 heteroatoms. The molecular weight excluding hydrogens is 434 g/mol. The smallest absolute Gasteiger partial charge is 0.267 e. The van der Waals surface area contributed by atoms with Gasteiger partial charge in [0.25, 0.3) is 11.8 Å². The van der Waals surface area contributed by atoms with Crippen LogP contribution in [-0.4, -0.2) is 27.3 Å². The highest BCUT2D eigenvalue weighted by molar-refractivity contribution is 9.10. The minimum Gasteiger partial charge on any atom is -0.267 e. The fourth-order valence-electron chi connectivity index (χ4n) is 2.11. The number of carbonyl (C=O) groups excluding carboxylic acids is 2. The Balaban J connectivity index is 2.44. The van der Waals surface area contributed by atoms with E-state index in [1.807, 2.05) is 5.43 Å². The molecule has 1 aromatic heterocycles. The molecule has 1 aromatic carbocycles. The summed E-state index contributed by atoms with van der Waals surface area (Å²) in [7, 11) is 0. The fourth-order valence-corrected chi connectivity index (χ4v) is 2.48. The van der Waals surface area contributed by atoms with Crippen molar-refractivity contribution in [2.45, 2.75) is 26.3 Å². The van der Waals surface area contributed by atoms with Gasteiger partial charge in [-0.05, 0) is 42.8 Å². The van der Waals surface area contributed by atoms with Crippen molar-refractivity contribution in [3.8, 4) is 0 Å². The molecule has 0 saturated heterocycles. The monoisotopic (exact) mass is 447 g/mol. The zero-order chi connectivity index (χ0) is 20.5. The Morgan fingerprint density at radius 3 is 2.07 bits per heavy atom. The van der Waals surface area contributed by atoms with Crippen LogP contribution in [0.2, 0.25) is 0 Å². The van der Waals surface area contributed by atoms with Gasteiger partial charge in [0.15, 0.2) is 23.3 Å². The molecule has 0 spiro atoms. The van der Waals surface area contributed by atoms with E-state index in [1.54, 1.807) is 0 Å². The van der Waals surface area contributed by atoms with E-state index in [-0.39, 0.29) is 11.6 Å². The summed E-state index contributed by atoms with van der Waals surface area (Å²) in [6.07, 6.45) is 2.65. The molecule has 0 fully saturated rings. The van der Waals surface area contributed by atoms with Crippen molar-refractivity contribution in [1.82, 2.24) is 15.4 Å². The highest BCUT2D eigenvalue weighted by atomic mass is 79.9. The standard InChI is InChI=1S/C17H14BrF4N3O2/c1-17(2,3)25(16(27)8-4-9(18)7-23-6-8)24-15(26)12-13(21)10(19)5-11(20)14(12)22/h4-7H,1-3H3,(H,24,26). The van der Waals surface area contributed by atoms with Crippen molar-refractivity contribution in [3.63, 3.8) is 0 Å². The summed E-state index contributed by atoms with van der Waals surface area (Å²) >= 11 is 3.15. The van der Waals surface area contributed by atoms with Gasteiger partial charge in [0.1, 0.15) is 5.56 Å². The largest absolute Gasteiger partial charge is 0.276 e. The molecule has 1 heterocycles. The molecule has 2 aromatic rings. The van der Waals surface area contributed by atoms with Crippen LogP contribution in [0.4, 0.5) is 17.6 Å². The maximum Gasteiger partial charge on any atom is 0.276 e. The van der Waals surface area contributed by atoms with E-state index in [9.17, 15) is 27.2 Å². The Hall–Kier alpha value is -2.49. The SMILES string of the molecule is CC(C)(C)N(NC(=O)c1c(F)c(F)cc(F)c1F)C(=O)c1cncc(Br)c1. The molecule has 2 amide bonds. The lowest BCUT2D eigenvalue weighted by Gasteiger charge is -2.35. The predicted molar refractivity (Wildman–Crippen MR) is 91.6 cm³/mol. The van der Waals surface area contributed by atoms with Gasteiger partial charge in [-0.1, -0.05) is 0 Å². The minimum absolute atomic E-state index is 0.0126. The molecule has 1 N–H and O–H groups in total. The van der Waals surface area contributed by atoms with Gasteiger partial charge >= 0.3 is 0 Å². The Bertz CT molecular complexity index is 890. The van der Waals surface area contributed by atoms with E-state index in [1.165, 1.54) is 39.2 Å². The van der Waals surface area contributed by atoms with Crippen molar-refractivity contribution < 1.29 is 27.2 Å². The molecule has 0 saturated carbocycles. The maximum absolute atomic E-state index is 13.9. The summed E-state index contributed by atoms with van der Waals surface area (Å²) in [5.41, 5.74) is -0.442. The fraction of sp³-hybridized carbons (Fsp3) is 0.235. The second-order valence-corrected chi connectivity index (χ2v) is 7.40. The number of benzene rings is 1. The van der Waals surface area contributed by atoms with Gasteiger partial charge in [-0.2, -0.15) is 0 Å². The van der Waals surface area contributed by atoms with E-state index in [2.05, 4.69) is 20.9 Å². The summed E-state index contributed by atoms with van der Waals surface area (Å²) in [5, 5.41) is 0.792. The van der Waals surface area contributed by atoms with E-state index in [0.29, 0.717) is 4.47 Å². The third kappa shape index (κ3) is 4.44. The second kappa shape index (κ2) is 7.63. The van der Waals surface area contributed by atoms with Crippen molar-refractivity contribution in [1.29, 1.82) is 0 Å². The van der Waals surface area contributed by atoms with Crippen molar-refractivity contribution in [3.05, 3.63) is 63.4 Å². The lowest BCUT2D eigenvalue weighted by molar-refractivity contribution is 0.0354. The predicted octanol–water partition coefficient (Wildman–Crippen LogP) is 3.99. The number of pyridine rings is 1. The maximum atomic E-state index is 13.9. The lowest BCUT2D eigenvalue weighted by Crippen LogP contribution is -2.56. The molecule has 0 radical (unpaired) electrons. The summed E-state index contributed by atoms with van der Waals surface area (Å²) in [4.78, 5) is 28.9. The van der Waals surface area contributed by atoms with Crippen molar-refractivity contribution in [2.24, 2.45) is 0 Å². The minimum atomic E-state index is -1.86. The molecular formula is C17H14BrF4N3O2. The van der Waals surface area contributed by atoms with Gasteiger partial charge in [0.2, 0.25) is 0 Å². The van der Waals surface area contributed by atoms with Crippen molar-refractivity contribution >= 4 is 27.7 Å². The number of halogens is 5. The molecule has 0 atom stereocenters.